The van der Waals surface area contributed by atoms with Crippen LogP contribution >= 0.6 is 22.9 Å². The lowest BCUT2D eigenvalue weighted by molar-refractivity contribution is 0.0734. The van der Waals surface area contributed by atoms with Crippen LogP contribution in [0.1, 0.15) is 32.6 Å². The first-order valence-corrected chi connectivity index (χ1v) is 12.2. The van der Waals surface area contributed by atoms with E-state index in [1.165, 1.54) is 0 Å². The van der Waals surface area contributed by atoms with Gasteiger partial charge < -0.3 is 9.88 Å². The molecule has 5 aromatic rings. The Morgan fingerprint density at radius 1 is 1.15 bits per heavy atom. The van der Waals surface area contributed by atoms with E-state index in [4.69, 9.17) is 11.6 Å². The highest BCUT2D eigenvalue weighted by atomic mass is 35.5. The zero-order valence-electron chi connectivity index (χ0n) is 18.6. The number of benzene rings is 2. The first-order valence-electron chi connectivity index (χ1n) is 10.9. The van der Waals surface area contributed by atoms with Gasteiger partial charge in [0.1, 0.15) is 0 Å². The third kappa shape index (κ3) is 3.17. The third-order valence-corrected chi connectivity index (χ3v) is 7.86. The van der Waals surface area contributed by atoms with Gasteiger partial charge in [-0.2, -0.15) is 0 Å². The van der Waals surface area contributed by atoms with Gasteiger partial charge in [-0.25, -0.2) is 0 Å². The SMILES string of the molecule is Cc1cc2c(cc1C(=O)N1CCc3c(Cl)cccc3C1)[nH]c(=O)c1nnc(-c3sccc3C)n12. The fraction of sp³-hybridized carbons (Fsp3) is 0.200. The zero-order valence-corrected chi connectivity index (χ0v) is 20.1. The summed E-state index contributed by atoms with van der Waals surface area (Å²) in [5.41, 5.74) is 5.86. The molecule has 1 aliphatic heterocycles. The maximum absolute atomic E-state index is 13.5. The Balaban J connectivity index is 1.47. The number of nitrogens with one attached hydrogen (secondary N) is 1. The van der Waals surface area contributed by atoms with E-state index in [0.717, 1.165) is 44.1 Å². The zero-order chi connectivity index (χ0) is 23.6. The van der Waals surface area contributed by atoms with Gasteiger partial charge in [0.2, 0.25) is 5.65 Å². The smallest absolute Gasteiger partial charge is 0.294 e. The second kappa shape index (κ2) is 7.78. The third-order valence-electron chi connectivity index (χ3n) is 6.49. The number of fused-ring (bicyclic) bond motifs is 4. The highest BCUT2D eigenvalue weighted by Gasteiger charge is 2.25. The first-order chi connectivity index (χ1) is 16.4. The molecule has 6 rings (SSSR count). The number of hydrogen-bond donors (Lipinski definition) is 1. The molecule has 170 valence electrons. The van der Waals surface area contributed by atoms with Gasteiger partial charge in [-0.3, -0.25) is 14.0 Å². The quantitative estimate of drug-likeness (QED) is 0.387. The van der Waals surface area contributed by atoms with Crippen LogP contribution in [-0.4, -0.2) is 36.9 Å². The van der Waals surface area contributed by atoms with Crippen molar-refractivity contribution in [1.82, 2.24) is 24.5 Å². The minimum absolute atomic E-state index is 0.0657. The molecule has 1 N–H and O–H groups in total. The Bertz CT molecular complexity index is 1680. The Kier molecular flexibility index (Phi) is 4.82. The molecule has 0 saturated carbocycles. The molecule has 0 atom stereocenters. The fourth-order valence-corrected chi connectivity index (χ4v) is 5.89. The topological polar surface area (TPSA) is 83.4 Å². The largest absolute Gasteiger partial charge is 0.334 e. The maximum Gasteiger partial charge on any atom is 0.294 e. The molecule has 1 amide bonds. The minimum Gasteiger partial charge on any atom is -0.334 e. The molecular weight excluding hydrogens is 470 g/mol. The average molecular weight is 490 g/mol. The summed E-state index contributed by atoms with van der Waals surface area (Å²) in [7, 11) is 0. The van der Waals surface area contributed by atoms with Gasteiger partial charge in [0.15, 0.2) is 5.82 Å². The minimum atomic E-state index is -0.343. The van der Waals surface area contributed by atoms with Crippen LogP contribution in [0.2, 0.25) is 5.02 Å². The van der Waals surface area contributed by atoms with E-state index < -0.39 is 0 Å². The Morgan fingerprint density at radius 3 is 2.79 bits per heavy atom. The van der Waals surface area contributed by atoms with Gasteiger partial charge in [-0.1, -0.05) is 23.7 Å². The second-order valence-corrected chi connectivity index (χ2v) is 9.93. The second-order valence-electron chi connectivity index (χ2n) is 8.61. The molecule has 0 fully saturated rings. The van der Waals surface area contributed by atoms with Gasteiger partial charge in [-0.05, 0) is 72.2 Å². The maximum atomic E-state index is 13.5. The van der Waals surface area contributed by atoms with Crippen molar-refractivity contribution in [2.24, 2.45) is 0 Å². The van der Waals surface area contributed by atoms with Crippen molar-refractivity contribution in [2.75, 3.05) is 6.54 Å². The Labute approximate surface area is 203 Å². The molecule has 7 nitrogen and oxygen atoms in total. The fourth-order valence-electron chi connectivity index (χ4n) is 4.70. The number of halogens is 1. The number of carbonyl (C=O) groups excluding carboxylic acids is 1. The predicted octanol–water partition coefficient (Wildman–Crippen LogP) is 4.77. The Morgan fingerprint density at radius 2 is 2.00 bits per heavy atom. The van der Waals surface area contributed by atoms with Gasteiger partial charge in [0.05, 0.1) is 15.9 Å². The normalized spacial score (nSPS) is 13.6. The summed E-state index contributed by atoms with van der Waals surface area (Å²) >= 11 is 7.90. The summed E-state index contributed by atoms with van der Waals surface area (Å²) in [5.74, 6) is 0.561. The number of nitrogens with zero attached hydrogens (tertiary/aromatic N) is 4. The van der Waals surface area contributed by atoms with E-state index in [1.807, 2.05) is 54.5 Å². The molecule has 9 heteroatoms. The van der Waals surface area contributed by atoms with Crippen molar-refractivity contribution in [1.29, 1.82) is 0 Å². The molecule has 0 unspecified atom stereocenters. The molecule has 3 aromatic heterocycles. The number of aryl methyl sites for hydroxylation is 2. The van der Waals surface area contributed by atoms with Gasteiger partial charge >= 0.3 is 0 Å². The highest BCUT2D eigenvalue weighted by molar-refractivity contribution is 7.13. The van der Waals surface area contributed by atoms with Crippen LogP contribution in [0.3, 0.4) is 0 Å². The summed E-state index contributed by atoms with van der Waals surface area (Å²) in [5, 5.41) is 11.2. The monoisotopic (exact) mass is 489 g/mol. The Hall–Kier alpha value is -3.49. The molecule has 0 radical (unpaired) electrons. The van der Waals surface area contributed by atoms with E-state index in [-0.39, 0.29) is 17.1 Å². The van der Waals surface area contributed by atoms with Crippen molar-refractivity contribution in [3.05, 3.63) is 85.0 Å². The van der Waals surface area contributed by atoms with E-state index in [1.54, 1.807) is 21.8 Å². The molecule has 0 spiro atoms. The lowest BCUT2D eigenvalue weighted by atomic mass is 9.98. The van der Waals surface area contributed by atoms with Crippen LogP contribution in [-0.2, 0) is 13.0 Å². The first kappa shape index (κ1) is 21.1. The van der Waals surface area contributed by atoms with Crippen molar-refractivity contribution in [3.63, 3.8) is 0 Å². The number of thiophene rings is 1. The number of carbonyl (C=O) groups is 1. The summed E-state index contributed by atoms with van der Waals surface area (Å²) in [6.07, 6.45) is 0.717. The lowest BCUT2D eigenvalue weighted by Crippen LogP contribution is -2.36. The summed E-state index contributed by atoms with van der Waals surface area (Å²) in [6, 6.07) is 11.5. The van der Waals surface area contributed by atoms with Gasteiger partial charge in [0.25, 0.3) is 11.5 Å². The number of aromatic amines is 1. The van der Waals surface area contributed by atoms with Crippen molar-refractivity contribution in [2.45, 2.75) is 26.8 Å². The molecular formula is C25H20ClN5O2S. The molecule has 0 saturated heterocycles. The summed E-state index contributed by atoms with van der Waals surface area (Å²) < 4.78 is 1.79. The number of H-pyrrole nitrogens is 1. The standard InChI is InChI=1S/C25H20ClN5O2S/c1-13-7-9-34-21(13)22-28-29-23-24(32)27-19-11-17(14(2)10-20(19)31(22)23)25(33)30-8-6-16-15(12-30)4-3-5-18(16)26/h3-5,7,9-11H,6,8,12H2,1-2H3,(H,27,32). The number of aromatic nitrogens is 4. The molecule has 0 aliphatic carbocycles. The van der Waals surface area contributed by atoms with Crippen molar-refractivity contribution in [3.8, 4) is 10.7 Å². The number of hydrogen-bond acceptors (Lipinski definition) is 5. The molecule has 1 aliphatic rings. The molecule has 0 bridgehead atoms. The summed E-state index contributed by atoms with van der Waals surface area (Å²) in [4.78, 5) is 32.0. The van der Waals surface area contributed by atoms with Gasteiger partial charge in [-0.15, -0.1) is 21.5 Å². The van der Waals surface area contributed by atoms with Crippen LogP contribution in [0, 0.1) is 13.8 Å². The van der Waals surface area contributed by atoms with Crippen LogP contribution in [0.5, 0.6) is 0 Å². The molecule has 34 heavy (non-hydrogen) atoms. The molecule has 2 aromatic carbocycles. The number of amides is 1. The average Bonchev–Trinajstić information content (AvgIpc) is 3.45. The van der Waals surface area contributed by atoms with Crippen molar-refractivity contribution < 1.29 is 4.79 Å². The van der Waals surface area contributed by atoms with E-state index in [2.05, 4.69) is 15.2 Å². The van der Waals surface area contributed by atoms with Crippen LogP contribution in [0.4, 0.5) is 0 Å². The van der Waals surface area contributed by atoms with E-state index >= 15 is 0 Å². The van der Waals surface area contributed by atoms with Crippen LogP contribution < -0.4 is 5.56 Å². The van der Waals surface area contributed by atoms with E-state index in [9.17, 15) is 9.59 Å². The number of rotatable bonds is 2. The predicted molar refractivity (Wildman–Crippen MR) is 134 cm³/mol. The lowest BCUT2D eigenvalue weighted by Gasteiger charge is -2.30. The highest BCUT2D eigenvalue weighted by Crippen LogP contribution is 2.31. The summed E-state index contributed by atoms with van der Waals surface area (Å²) in [6.45, 7) is 5.03. The molecule has 4 heterocycles. The van der Waals surface area contributed by atoms with Crippen molar-refractivity contribution >= 4 is 45.5 Å². The van der Waals surface area contributed by atoms with Crippen LogP contribution in [0.15, 0.2) is 46.6 Å². The van der Waals surface area contributed by atoms with E-state index in [0.29, 0.717) is 30.0 Å². The van der Waals surface area contributed by atoms with Gasteiger partial charge in [0, 0.05) is 23.7 Å². The van der Waals surface area contributed by atoms with Crippen LogP contribution in [0.25, 0.3) is 27.4 Å².